The van der Waals surface area contributed by atoms with E-state index >= 15 is 0 Å². The van der Waals surface area contributed by atoms with Crippen molar-refractivity contribution < 1.29 is 9.47 Å². The van der Waals surface area contributed by atoms with Gasteiger partial charge >= 0.3 is 0 Å². The number of allylic oxidation sites excluding steroid dienone is 8. The summed E-state index contributed by atoms with van der Waals surface area (Å²) in [6, 6.07) is 3.99. The van der Waals surface area contributed by atoms with Crippen molar-refractivity contribution in [2.75, 3.05) is 25.6 Å². The van der Waals surface area contributed by atoms with Crippen molar-refractivity contribution in [3.8, 4) is 0 Å². The van der Waals surface area contributed by atoms with Gasteiger partial charge in [-0.15, -0.1) is 0 Å². The lowest BCUT2D eigenvalue weighted by Crippen LogP contribution is -2.33. The Hall–Kier alpha value is -2.21. The average Bonchev–Trinajstić information content (AvgIpc) is 3.57. The first-order chi connectivity index (χ1) is 25.7. The SMILES string of the molecule is CCCCC/C=C\C/C=C\CCCCCCCCC1(CCCCCCCC/C=C\C/C=C\CCCCC)OCC(CCN(C)Nc2ccncc2)O1. The number of hydrazine groups is 1. The Bertz CT molecular complexity index is 988. The minimum absolute atomic E-state index is 0.163. The minimum atomic E-state index is -0.383. The topological polar surface area (TPSA) is 46.6 Å². The number of aromatic nitrogens is 1. The number of anilines is 1. The van der Waals surface area contributed by atoms with Crippen molar-refractivity contribution in [1.82, 2.24) is 9.99 Å². The van der Waals surface area contributed by atoms with E-state index in [9.17, 15) is 0 Å². The zero-order valence-corrected chi connectivity index (χ0v) is 34.2. The van der Waals surface area contributed by atoms with E-state index < -0.39 is 0 Å². The lowest BCUT2D eigenvalue weighted by molar-refractivity contribution is -0.180. The van der Waals surface area contributed by atoms with E-state index in [1.807, 2.05) is 24.5 Å². The second kappa shape index (κ2) is 33.4. The molecule has 1 aliphatic rings. The molecular formula is C47H81N3O2. The first kappa shape index (κ1) is 45.9. The van der Waals surface area contributed by atoms with Gasteiger partial charge in [0.05, 0.1) is 18.4 Å². The third kappa shape index (κ3) is 25.7. The van der Waals surface area contributed by atoms with Crippen LogP contribution in [0, 0.1) is 0 Å². The predicted molar refractivity (Wildman–Crippen MR) is 227 cm³/mol. The molecule has 0 aliphatic carbocycles. The van der Waals surface area contributed by atoms with Gasteiger partial charge < -0.3 is 14.9 Å². The van der Waals surface area contributed by atoms with Gasteiger partial charge in [-0.3, -0.25) is 4.98 Å². The third-order valence-corrected chi connectivity index (χ3v) is 10.2. The molecule has 1 aromatic heterocycles. The minimum Gasteiger partial charge on any atom is -0.347 e. The molecule has 296 valence electrons. The molecule has 1 aromatic rings. The highest BCUT2D eigenvalue weighted by Crippen LogP contribution is 2.35. The Morgan fingerprint density at radius 3 is 1.56 bits per heavy atom. The van der Waals surface area contributed by atoms with Crippen LogP contribution in [-0.4, -0.2) is 42.1 Å². The molecular weight excluding hydrogens is 639 g/mol. The Morgan fingerprint density at radius 1 is 0.635 bits per heavy atom. The molecule has 0 spiro atoms. The van der Waals surface area contributed by atoms with Crippen LogP contribution in [0.15, 0.2) is 73.1 Å². The Morgan fingerprint density at radius 2 is 1.08 bits per heavy atom. The van der Waals surface area contributed by atoms with Gasteiger partial charge in [0.25, 0.3) is 0 Å². The predicted octanol–water partition coefficient (Wildman–Crippen LogP) is 14.2. The van der Waals surface area contributed by atoms with Crippen molar-refractivity contribution >= 4 is 5.69 Å². The van der Waals surface area contributed by atoms with Gasteiger partial charge in [0.1, 0.15) is 0 Å². The highest BCUT2D eigenvalue weighted by molar-refractivity contribution is 5.39. The molecule has 0 saturated carbocycles. The fourth-order valence-corrected chi connectivity index (χ4v) is 6.95. The van der Waals surface area contributed by atoms with Crippen molar-refractivity contribution in [3.63, 3.8) is 0 Å². The molecule has 0 aromatic carbocycles. The van der Waals surface area contributed by atoms with Gasteiger partial charge in [0.15, 0.2) is 5.79 Å². The average molecular weight is 720 g/mol. The molecule has 2 rings (SSSR count). The van der Waals surface area contributed by atoms with E-state index in [0.29, 0.717) is 6.61 Å². The van der Waals surface area contributed by atoms with Crippen LogP contribution in [0.2, 0.25) is 0 Å². The first-order valence-corrected chi connectivity index (χ1v) is 22.0. The maximum atomic E-state index is 6.79. The van der Waals surface area contributed by atoms with Gasteiger partial charge in [-0.05, 0) is 95.6 Å². The highest BCUT2D eigenvalue weighted by atomic mass is 16.7. The van der Waals surface area contributed by atoms with E-state index in [0.717, 1.165) is 44.3 Å². The summed E-state index contributed by atoms with van der Waals surface area (Å²) in [6.45, 7) is 6.16. The number of rotatable bonds is 35. The second-order valence-corrected chi connectivity index (χ2v) is 15.2. The van der Waals surface area contributed by atoms with Gasteiger partial charge in [-0.2, -0.15) is 0 Å². The summed E-state index contributed by atoms with van der Waals surface area (Å²) in [5, 5.41) is 2.14. The van der Waals surface area contributed by atoms with Crippen LogP contribution < -0.4 is 5.43 Å². The summed E-state index contributed by atoms with van der Waals surface area (Å²) in [4.78, 5) is 4.12. The monoisotopic (exact) mass is 720 g/mol. The number of nitrogens with zero attached hydrogens (tertiary/aromatic N) is 2. The molecule has 1 unspecified atom stereocenters. The fraction of sp³-hybridized carbons (Fsp3) is 0.723. The maximum Gasteiger partial charge on any atom is 0.168 e. The smallest absolute Gasteiger partial charge is 0.168 e. The van der Waals surface area contributed by atoms with E-state index in [-0.39, 0.29) is 11.9 Å². The van der Waals surface area contributed by atoms with E-state index in [1.165, 1.54) is 141 Å². The summed E-state index contributed by atoms with van der Waals surface area (Å²) in [5.74, 6) is -0.383. The molecule has 1 N–H and O–H groups in total. The summed E-state index contributed by atoms with van der Waals surface area (Å²) in [7, 11) is 2.09. The lowest BCUT2D eigenvalue weighted by Gasteiger charge is -2.29. The van der Waals surface area contributed by atoms with E-state index in [1.54, 1.807) is 0 Å². The summed E-state index contributed by atoms with van der Waals surface area (Å²) >= 11 is 0. The van der Waals surface area contributed by atoms with Crippen molar-refractivity contribution in [1.29, 1.82) is 0 Å². The summed E-state index contributed by atoms with van der Waals surface area (Å²) in [5.41, 5.74) is 4.50. The Balaban J connectivity index is 1.62. The Kier molecular flexibility index (Phi) is 29.5. The van der Waals surface area contributed by atoms with Crippen molar-refractivity contribution in [2.45, 2.75) is 199 Å². The number of unbranched alkanes of at least 4 members (excludes halogenated alkanes) is 18. The molecule has 5 heteroatoms. The number of hydrogen-bond acceptors (Lipinski definition) is 5. The summed E-state index contributed by atoms with van der Waals surface area (Å²) in [6.07, 6.45) is 56.3. The number of pyridine rings is 1. The van der Waals surface area contributed by atoms with Crippen LogP contribution in [0.4, 0.5) is 5.69 Å². The lowest BCUT2D eigenvalue weighted by atomic mass is 9.98. The van der Waals surface area contributed by atoms with Crippen LogP contribution in [0.25, 0.3) is 0 Å². The Labute approximate surface area is 322 Å². The molecule has 1 saturated heterocycles. The summed E-state index contributed by atoms with van der Waals surface area (Å²) < 4.78 is 13.3. The van der Waals surface area contributed by atoms with Crippen LogP contribution >= 0.6 is 0 Å². The van der Waals surface area contributed by atoms with E-state index in [2.05, 4.69) is 84.9 Å². The molecule has 1 aliphatic heterocycles. The maximum absolute atomic E-state index is 6.79. The molecule has 2 heterocycles. The van der Waals surface area contributed by atoms with Gasteiger partial charge in [0, 0.05) is 38.8 Å². The first-order valence-electron chi connectivity index (χ1n) is 22.0. The molecule has 52 heavy (non-hydrogen) atoms. The normalized spacial score (nSPS) is 16.2. The zero-order chi connectivity index (χ0) is 37.1. The standard InChI is InChI=1S/C47H81N3O2/c1-4-6-8-10-12-14-16-18-20-22-24-26-28-30-32-34-39-47(51-44-46(52-47)38-43-50(3)49-45-36-41-48-42-37-45)40-35-33-31-29-27-25-23-21-19-17-15-13-11-9-7-5-2/h12-15,18-21,36-37,41-42,46H,4-11,16-17,22-35,38-40,43-44H2,1-3H3,(H,48,49)/b14-12-,15-13-,20-18-,21-19-. The van der Waals surface area contributed by atoms with E-state index in [4.69, 9.17) is 9.47 Å². The molecule has 0 radical (unpaired) electrons. The van der Waals surface area contributed by atoms with Gasteiger partial charge in [-0.25, -0.2) is 5.01 Å². The highest BCUT2D eigenvalue weighted by Gasteiger charge is 2.40. The molecule has 0 amide bonds. The van der Waals surface area contributed by atoms with Gasteiger partial charge in [0.2, 0.25) is 0 Å². The molecule has 0 bridgehead atoms. The number of nitrogens with one attached hydrogen (secondary N) is 1. The molecule has 1 atom stereocenters. The fourth-order valence-electron chi connectivity index (χ4n) is 6.95. The number of hydrogen-bond donors (Lipinski definition) is 1. The third-order valence-electron chi connectivity index (χ3n) is 10.2. The quantitative estimate of drug-likeness (QED) is 0.0430. The molecule has 1 fully saturated rings. The van der Waals surface area contributed by atoms with Crippen LogP contribution in [-0.2, 0) is 9.47 Å². The van der Waals surface area contributed by atoms with Gasteiger partial charge in [-0.1, -0.05) is 140 Å². The largest absolute Gasteiger partial charge is 0.347 e. The van der Waals surface area contributed by atoms with Crippen LogP contribution in [0.1, 0.15) is 187 Å². The zero-order valence-electron chi connectivity index (χ0n) is 34.2. The van der Waals surface area contributed by atoms with Crippen molar-refractivity contribution in [3.05, 3.63) is 73.1 Å². The number of ether oxygens (including phenoxy) is 2. The van der Waals surface area contributed by atoms with Crippen LogP contribution in [0.5, 0.6) is 0 Å². The van der Waals surface area contributed by atoms with Crippen LogP contribution in [0.3, 0.4) is 0 Å². The van der Waals surface area contributed by atoms with Crippen molar-refractivity contribution in [2.24, 2.45) is 0 Å². The molecule has 5 nitrogen and oxygen atoms in total. The second-order valence-electron chi connectivity index (χ2n) is 15.2.